The SMILES string of the molecule is CC.CC1CCC(c2cc(C(C)(C)C)c(O)c(C(C)(C)C)c2)CC1. The van der Waals surface area contributed by atoms with Crippen molar-refractivity contribution in [2.24, 2.45) is 5.92 Å². The summed E-state index contributed by atoms with van der Waals surface area (Å²) < 4.78 is 0. The van der Waals surface area contributed by atoms with E-state index in [1.54, 1.807) is 0 Å². The van der Waals surface area contributed by atoms with Crippen molar-refractivity contribution < 1.29 is 5.11 Å². The quantitative estimate of drug-likeness (QED) is 0.571. The van der Waals surface area contributed by atoms with Crippen molar-refractivity contribution in [2.45, 2.75) is 105 Å². The molecule has 1 fully saturated rings. The van der Waals surface area contributed by atoms with E-state index in [-0.39, 0.29) is 10.8 Å². The molecule has 1 heteroatoms. The average Bonchev–Trinajstić information content (AvgIpc) is 2.48. The van der Waals surface area contributed by atoms with Gasteiger partial charge in [-0.25, -0.2) is 0 Å². The Morgan fingerprint density at radius 3 is 1.50 bits per heavy atom. The Morgan fingerprint density at radius 1 is 0.792 bits per heavy atom. The van der Waals surface area contributed by atoms with Crippen LogP contribution in [0, 0.1) is 5.92 Å². The number of phenolic OH excluding ortho intramolecular Hbond substituents is 1. The van der Waals surface area contributed by atoms with Gasteiger partial charge in [0.25, 0.3) is 0 Å². The van der Waals surface area contributed by atoms with Gasteiger partial charge in [-0.2, -0.15) is 0 Å². The van der Waals surface area contributed by atoms with Crippen LogP contribution in [0.25, 0.3) is 0 Å². The normalized spacial score (nSPS) is 21.9. The first kappa shape index (κ1) is 21.1. The predicted molar refractivity (Wildman–Crippen MR) is 107 cm³/mol. The van der Waals surface area contributed by atoms with Gasteiger partial charge >= 0.3 is 0 Å². The highest BCUT2D eigenvalue weighted by Gasteiger charge is 2.29. The summed E-state index contributed by atoms with van der Waals surface area (Å²) >= 11 is 0. The molecule has 1 saturated carbocycles. The topological polar surface area (TPSA) is 20.2 Å². The van der Waals surface area contributed by atoms with E-state index >= 15 is 0 Å². The monoisotopic (exact) mass is 332 g/mol. The number of aromatic hydroxyl groups is 1. The van der Waals surface area contributed by atoms with Gasteiger partial charge in [0.15, 0.2) is 0 Å². The van der Waals surface area contributed by atoms with Crippen molar-refractivity contribution in [1.82, 2.24) is 0 Å². The third kappa shape index (κ3) is 5.01. The molecule has 1 N–H and O–H groups in total. The fraction of sp³-hybridized carbons (Fsp3) is 0.739. The Labute approximate surface area is 150 Å². The largest absolute Gasteiger partial charge is 0.507 e. The van der Waals surface area contributed by atoms with Crippen molar-refractivity contribution in [3.05, 3.63) is 28.8 Å². The molecule has 24 heavy (non-hydrogen) atoms. The Balaban J connectivity index is 0.00000139. The number of rotatable bonds is 1. The molecule has 0 atom stereocenters. The number of hydrogen-bond donors (Lipinski definition) is 1. The second kappa shape index (κ2) is 7.93. The molecule has 0 unspecified atom stereocenters. The van der Waals surface area contributed by atoms with E-state index in [1.165, 1.54) is 31.2 Å². The maximum absolute atomic E-state index is 10.8. The first-order chi connectivity index (χ1) is 11.0. The third-order valence-electron chi connectivity index (χ3n) is 5.24. The van der Waals surface area contributed by atoms with E-state index < -0.39 is 0 Å². The fourth-order valence-electron chi connectivity index (χ4n) is 3.63. The Morgan fingerprint density at radius 2 is 1.17 bits per heavy atom. The average molecular weight is 333 g/mol. The van der Waals surface area contributed by atoms with E-state index in [9.17, 15) is 5.11 Å². The minimum absolute atomic E-state index is 0.0257. The van der Waals surface area contributed by atoms with Gasteiger partial charge in [-0.05, 0) is 52.2 Å². The summed E-state index contributed by atoms with van der Waals surface area (Å²) in [5.74, 6) is 2.05. The molecular formula is C23H40O. The molecule has 0 radical (unpaired) electrons. The molecule has 0 bridgehead atoms. The van der Waals surface area contributed by atoms with Crippen LogP contribution in [0.2, 0.25) is 0 Å². The van der Waals surface area contributed by atoms with Crippen LogP contribution in [0.1, 0.15) is 111 Å². The lowest BCUT2D eigenvalue weighted by molar-refractivity contribution is 0.346. The molecular weight excluding hydrogens is 292 g/mol. The van der Waals surface area contributed by atoms with Crippen LogP contribution in [0.5, 0.6) is 5.75 Å². The van der Waals surface area contributed by atoms with Gasteiger partial charge in [-0.1, -0.05) is 87.3 Å². The second-order valence-electron chi connectivity index (χ2n) is 9.42. The molecule has 138 valence electrons. The maximum Gasteiger partial charge on any atom is 0.123 e. The molecule has 1 aromatic carbocycles. The third-order valence-corrected chi connectivity index (χ3v) is 5.24. The predicted octanol–water partition coefficient (Wildman–Crippen LogP) is 7.31. The summed E-state index contributed by atoms with van der Waals surface area (Å²) in [7, 11) is 0. The van der Waals surface area contributed by atoms with Gasteiger partial charge in [-0.3, -0.25) is 0 Å². The Kier molecular flexibility index (Phi) is 6.96. The molecule has 0 saturated heterocycles. The zero-order valence-corrected chi connectivity index (χ0v) is 17.6. The van der Waals surface area contributed by atoms with Crippen molar-refractivity contribution in [1.29, 1.82) is 0 Å². The van der Waals surface area contributed by atoms with E-state index in [4.69, 9.17) is 0 Å². The van der Waals surface area contributed by atoms with E-state index in [0.29, 0.717) is 11.7 Å². The van der Waals surface area contributed by atoms with Gasteiger partial charge < -0.3 is 5.11 Å². The number of phenols is 1. The molecule has 1 aliphatic rings. The van der Waals surface area contributed by atoms with Gasteiger partial charge in [-0.15, -0.1) is 0 Å². The summed E-state index contributed by atoms with van der Waals surface area (Å²) in [6.45, 7) is 19.5. The highest BCUT2D eigenvalue weighted by atomic mass is 16.3. The van der Waals surface area contributed by atoms with Crippen LogP contribution in [0.3, 0.4) is 0 Å². The first-order valence-electron chi connectivity index (χ1n) is 9.88. The fourth-order valence-corrected chi connectivity index (χ4v) is 3.63. The molecule has 1 aromatic rings. The van der Waals surface area contributed by atoms with Gasteiger partial charge in [0.05, 0.1) is 0 Å². The lowest BCUT2D eigenvalue weighted by atomic mass is 9.74. The Hall–Kier alpha value is -0.980. The lowest BCUT2D eigenvalue weighted by Gasteiger charge is -2.32. The standard InChI is InChI=1S/C21H34O.C2H6/c1-14-8-10-15(11-9-14)16-12-17(20(2,3)4)19(22)18(13-16)21(5,6)7;1-2/h12-15,22H,8-11H2,1-7H3;1-2H3. The molecule has 1 aliphatic carbocycles. The summed E-state index contributed by atoms with van der Waals surface area (Å²) in [4.78, 5) is 0. The smallest absolute Gasteiger partial charge is 0.123 e. The molecule has 0 heterocycles. The van der Waals surface area contributed by atoms with Gasteiger partial charge in [0, 0.05) is 0 Å². The van der Waals surface area contributed by atoms with Crippen molar-refractivity contribution in [3.8, 4) is 5.75 Å². The minimum Gasteiger partial charge on any atom is -0.507 e. The zero-order valence-electron chi connectivity index (χ0n) is 17.6. The van der Waals surface area contributed by atoms with Crippen LogP contribution in [-0.4, -0.2) is 5.11 Å². The van der Waals surface area contributed by atoms with Gasteiger partial charge in [0.1, 0.15) is 5.75 Å². The zero-order chi connectivity index (χ0) is 18.7. The minimum atomic E-state index is -0.0257. The van der Waals surface area contributed by atoms with Crippen LogP contribution in [0.15, 0.2) is 12.1 Å². The number of hydrogen-bond acceptors (Lipinski definition) is 1. The van der Waals surface area contributed by atoms with Crippen molar-refractivity contribution >= 4 is 0 Å². The maximum atomic E-state index is 10.8. The van der Waals surface area contributed by atoms with Crippen LogP contribution < -0.4 is 0 Å². The molecule has 0 spiro atoms. The van der Waals surface area contributed by atoms with E-state index in [2.05, 4.69) is 60.6 Å². The van der Waals surface area contributed by atoms with Crippen LogP contribution >= 0.6 is 0 Å². The first-order valence-corrected chi connectivity index (χ1v) is 9.88. The van der Waals surface area contributed by atoms with Crippen molar-refractivity contribution in [2.75, 3.05) is 0 Å². The molecule has 0 aliphatic heterocycles. The highest BCUT2D eigenvalue weighted by Crippen LogP contribution is 2.44. The summed E-state index contributed by atoms with van der Waals surface area (Å²) in [5, 5.41) is 10.8. The van der Waals surface area contributed by atoms with E-state index in [1.807, 2.05) is 13.8 Å². The van der Waals surface area contributed by atoms with Crippen LogP contribution in [0.4, 0.5) is 0 Å². The highest BCUT2D eigenvalue weighted by molar-refractivity contribution is 5.50. The van der Waals surface area contributed by atoms with Gasteiger partial charge in [0.2, 0.25) is 0 Å². The summed E-state index contributed by atoms with van der Waals surface area (Å²) in [6, 6.07) is 4.57. The van der Waals surface area contributed by atoms with Crippen LogP contribution in [-0.2, 0) is 10.8 Å². The van der Waals surface area contributed by atoms with E-state index in [0.717, 1.165) is 17.0 Å². The summed E-state index contributed by atoms with van der Waals surface area (Å²) in [6.07, 6.45) is 5.25. The molecule has 1 nitrogen and oxygen atoms in total. The van der Waals surface area contributed by atoms with Crippen molar-refractivity contribution in [3.63, 3.8) is 0 Å². The summed E-state index contributed by atoms with van der Waals surface area (Å²) in [5.41, 5.74) is 3.60. The Bertz CT molecular complexity index is 485. The second-order valence-corrected chi connectivity index (χ2v) is 9.42. The molecule has 0 amide bonds. The molecule has 2 rings (SSSR count). The molecule has 0 aromatic heterocycles. The number of benzene rings is 1. The lowest BCUT2D eigenvalue weighted by Crippen LogP contribution is -2.19.